The molecule has 1 aromatic rings. The Balaban J connectivity index is 2.03. The number of aliphatic hydroxyl groups excluding tert-OH is 1. The predicted molar refractivity (Wildman–Crippen MR) is 94.2 cm³/mol. The molecule has 3 rings (SSSR count). The minimum absolute atomic E-state index is 0.0890. The van der Waals surface area contributed by atoms with E-state index >= 15 is 0 Å². The number of carbonyl (C=O) groups is 2. The maximum absolute atomic E-state index is 12.2. The van der Waals surface area contributed by atoms with E-state index in [1.807, 2.05) is 6.92 Å². The molecule has 0 aliphatic heterocycles. The molecule has 0 aromatic carbocycles. The van der Waals surface area contributed by atoms with Crippen LogP contribution in [-0.2, 0) is 27.3 Å². The Morgan fingerprint density at radius 1 is 1.48 bits per heavy atom. The lowest BCUT2D eigenvalue weighted by Crippen LogP contribution is -2.27. The number of aromatic nitrogens is 2. The van der Waals surface area contributed by atoms with Crippen LogP contribution in [0.25, 0.3) is 0 Å². The van der Waals surface area contributed by atoms with Gasteiger partial charge in [0, 0.05) is 36.0 Å². The second-order valence-corrected chi connectivity index (χ2v) is 8.45. The predicted octanol–water partition coefficient (Wildman–Crippen LogP) is 2.78. The molecule has 25 heavy (non-hydrogen) atoms. The van der Waals surface area contributed by atoms with Gasteiger partial charge in [0.05, 0.1) is 16.7 Å². The number of aryl methyl sites for hydroxylation is 1. The first-order valence-electron chi connectivity index (χ1n) is 8.32. The van der Waals surface area contributed by atoms with Crippen molar-refractivity contribution in [2.24, 2.45) is 11.3 Å². The summed E-state index contributed by atoms with van der Waals surface area (Å²) in [7, 11) is 0. The first kappa shape index (κ1) is 18.5. The Morgan fingerprint density at radius 3 is 2.64 bits per heavy atom. The van der Waals surface area contributed by atoms with Gasteiger partial charge in [-0.3, -0.25) is 0 Å². The van der Waals surface area contributed by atoms with E-state index < -0.39 is 22.5 Å². The summed E-state index contributed by atoms with van der Waals surface area (Å²) < 4.78 is 13.8. The van der Waals surface area contributed by atoms with E-state index in [1.54, 1.807) is 10.9 Å². The Bertz CT molecular complexity index is 739. The van der Waals surface area contributed by atoms with Gasteiger partial charge in [-0.05, 0) is 31.8 Å². The van der Waals surface area contributed by atoms with E-state index in [0.29, 0.717) is 42.0 Å². The van der Waals surface area contributed by atoms with Gasteiger partial charge in [0.1, 0.15) is 18.8 Å². The number of nitrogens with zero attached hydrogens (tertiary/aromatic N) is 2. The van der Waals surface area contributed by atoms with Gasteiger partial charge in [0.15, 0.2) is 5.15 Å². The van der Waals surface area contributed by atoms with Gasteiger partial charge in [-0.15, -0.1) is 0 Å². The molecule has 1 fully saturated rings. The topological polar surface area (TPSA) is 95.2 Å². The van der Waals surface area contributed by atoms with Crippen LogP contribution in [0.4, 0.5) is 0 Å². The molecule has 2 aliphatic carbocycles. The van der Waals surface area contributed by atoms with Crippen LogP contribution in [0.3, 0.4) is 0 Å². The summed E-state index contributed by atoms with van der Waals surface area (Å²) in [5, 5.41) is 15.6. The normalized spacial score (nSPS) is 26.4. The van der Waals surface area contributed by atoms with E-state index in [9.17, 15) is 19.2 Å². The van der Waals surface area contributed by atoms with Crippen molar-refractivity contribution in [2.45, 2.75) is 50.1 Å². The van der Waals surface area contributed by atoms with Gasteiger partial charge in [-0.25, -0.2) is 4.68 Å². The zero-order valence-electron chi connectivity index (χ0n) is 14.2. The van der Waals surface area contributed by atoms with Crippen LogP contribution in [-0.4, -0.2) is 38.3 Å². The number of rotatable bonds is 6. The molecule has 136 valence electrons. The summed E-state index contributed by atoms with van der Waals surface area (Å²) in [6, 6.07) is 0. The quantitative estimate of drug-likeness (QED) is 0.601. The second-order valence-electron chi connectivity index (χ2n) is 6.79. The fraction of sp³-hybridized carbons (Fsp3) is 0.588. The van der Waals surface area contributed by atoms with Crippen LogP contribution in [0.2, 0.25) is 5.15 Å². The van der Waals surface area contributed by atoms with E-state index in [1.165, 1.54) is 0 Å². The molecule has 0 spiro atoms. The first-order valence-corrected chi connectivity index (χ1v) is 10.3. The van der Waals surface area contributed by atoms with E-state index in [0.717, 1.165) is 12.6 Å². The lowest BCUT2D eigenvalue weighted by atomic mass is 9.73. The van der Waals surface area contributed by atoms with Crippen LogP contribution >= 0.6 is 11.6 Å². The van der Waals surface area contributed by atoms with Crippen LogP contribution in [0.5, 0.6) is 0 Å². The molecule has 0 bridgehead atoms. The van der Waals surface area contributed by atoms with Crippen molar-refractivity contribution in [3.05, 3.63) is 22.0 Å². The number of halogens is 1. The molecule has 0 amide bonds. The number of carbonyl (C=O) groups excluding carboxylic acids is 2. The molecule has 3 unspecified atom stereocenters. The lowest BCUT2D eigenvalue weighted by Gasteiger charge is -2.31. The fourth-order valence-electron chi connectivity index (χ4n) is 3.94. The van der Waals surface area contributed by atoms with Gasteiger partial charge in [-0.2, -0.15) is 5.10 Å². The van der Waals surface area contributed by atoms with Crippen LogP contribution in [0.1, 0.15) is 44.1 Å². The third-order valence-electron chi connectivity index (χ3n) is 5.25. The minimum Gasteiger partial charge on any atom is -0.610 e. The van der Waals surface area contributed by atoms with Crippen LogP contribution in [0, 0.1) is 11.3 Å². The van der Waals surface area contributed by atoms with E-state index in [-0.39, 0.29) is 23.3 Å². The summed E-state index contributed by atoms with van der Waals surface area (Å²) in [6.07, 6.45) is 5.25. The summed E-state index contributed by atoms with van der Waals surface area (Å²) in [5.41, 5.74) is 0.527. The minimum atomic E-state index is -1.30. The van der Waals surface area contributed by atoms with Gasteiger partial charge in [0.25, 0.3) is 0 Å². The van der Waals surface area contributed by atoms with Gasteiger partial charge < -0.3 is 19.2 Å². The molecule has 8 heteroatoms. The highest BCUT2D eigenvalue weighted by Crippen LogP contribution is 2.57. The van der Waals surface area contributed by atoms with Gasteiger partial charge >= 0.3 is 0 Å². The average molecular weight is 385 g/mol. The van der Waals surface area contributed by atoms with E-state index in [2.05, 4.69) is 5.10 Å². The molecule has 1 N–H and O–H groups in total. The van der Waals surface area contributed by atoms with Crippen molar-refractivity contribution in [2.75, 3.05) is 6.26 Å². The number of hydrogen-bond acceptors (Lipinski definition) is 5. The lowest BCUT2D eigenvalue weighted by molar-refractivity contribution is -0.112. The van der Waals surface area contributed by atoms with Crippen molar-refractivity contribution in [3.63, 3.8) is 0 Å². The molecule has 3 atom stereocenters. The third-order valence-corrected chi connectivity index (χ3v) is 6.50. The average Bonchev–Trinajstić information content (AvgIpc) is 3.29. The molecule has 0 saturated heterocycles. The Labute approximate surface area is 154 Å². The monoisotopic (exact) mass is 384 g/mol. The summed E-state index contributed by atoms with van der Waals surface area (Å²) >= 11 is 5.00. The molecule has 6 nitrogen and oxygen atoms in total. The van der Waals surface area contributed by atoms with E-state index in [4.69, 9.17) is 11.6 Å². The molecular weight excluding hydrogens is 364 g/mol. The Morgan fingerprint density at radius 2 is 2.16 bits per heavy atom. The molecule has 1 saturated carbocycles. The Hall–Kier alpha value is -1.31. The van der Waals surface area contributed by atoms with Crippen molar-refractivity contribution < 1.29 is 19.2 Å². The van der Waals surface area contributed by atoms with Crippen LogP contribution in [0.15, 0.2) is 16.4 Å². The fourth-order valence-corrected chi connectivity index (χ4v) is 5.37. The van der Waals surface area contributed by atoms with Crippen molar-refractivity contribution >= 4 is 35.3 Å². The zero-order chi connectivity index (χ0) is 18.4. The zero-order valence-corrected chi connectivity index (χ0v) is 15.8. The number of aliphatic hydroxyl groups is 1. The molecule has 1 heterocycles. The van der Waals surface area contributed by atoms with Crippen molar-refractivity contribution in [1.82, 2.24) is 9.78 Å². The second kappa shape index (κ2) is 6.78. The SMILES string of the molecule is CCn1nc(Cl)c(C2CC(O)=C(C3(C=O)CC3)C(C=O)C2)c1[S+](C)[O-]. The van der Waals surface area contributed by atoms with Crippen molar-refractivity contribution in [1.29, 1.82) is 0 Å². The van der Waals surface area contributed by atoms with Crippen molar-refractivity contribution in [3.8, 4) is 0 Å². The van der Waals surface area contributed by atoms with Gasteiger partial charge in [0.2, 0.25) is 5.03 Å². The van der Waals surface area contributed by atoms with Crippen LogP contribution < -0.4 is 0 Å². The van der Waals surface area contributed by atoms with Gasteiger partial charge in [-0.1, -0.05) is 11.6 Å². The number of aldehydes is 2. The smallest absolute Gasteiger partial charge is 0.247 e. The molecular formula is C17H21ClN2O4S. The maximum Gasteiger partial charge on any atom is 0.247 e. The molecule has 1 aromatic heterocycles. The highest BCUT2D eigenvalue weighted by atomic mass is 35.5. The third kappa shape index (κ3) is 3.02. The Kier molecular flexibility index (Phi) is 5.01. The number of hydrogen-bond donors (Lipinski definition) is 1. The largest absolute Gasteiger partial charge is 0.610 e. The molecule has 2 aliphatic rings. The number of allylic oxidation sites excluding steroid dienone is 2. The highest BCUT2D eigenvalue weighted by molar-refractivity contribution is 7.90. The highest BCUT2D eigenvalue weighted by Gasteiger charge is 2.52. The molecule has 0 radical (unpaired) electrons. The summed E-state index contributed by atoms with van der Waals surface area (Å²) in [6.45, 7) is 2.41. The summed E-state index contributed by atoms with van der Waals surface area (Å²) in [5.74, 6) is -0.704. The maximum atomic E-state index is 12.2. The summed E-state index contributed by atoms with van der Waals surface area (Å²) in [4.78, 5) is 23.1. The standard InChI is InChI=1S/C17H21ClN2O4S/c1-3-20-16(25(2)24)13(15(18)19-20)10-6-11(8-21)14(12(23)7-10)17(9-22)4-5-17/h8-11,23H,3-7H2,1-2H3. The first-order chi connectivity index (χ1) is 11.9.